The number of aryl methyl sites for hydroxylation is 2. The maximum absolute atomic E-state index is 13.6. The number of hydrogen-bond acceptors (Lipinski definition) is 3. The Morgan fingerprint density at radius 2 is 1.64 bits per heavy atom. The smallest absolute Gasteiger partial charge is 0.244 e. The molecule has 2 rings (SSSR count). The van der Waals surface area contributed by atoms with E-state index in [1.54, 1.807) is 6.92 Å². The molecule has 1 N–H and O–H groups in total. The average molecular weight is 410 g/mol. The van der Waals surface area contributed by atoms with E-state index in [0.29, 0.717) is 0 Å². The first-order valence-electron chi connectivity index (χ1n) is 8.73. The fraction of sp³-hybridized carbons (Fsp3) is 0.350. The number of benzene rings is 2. The van der Waals surface area contributed by atoms with Crippen LogP contribution >= 0.6 is 0 Å². The number of sulfonamides is 1. The molecule has 0 aliphatic heterocycles. The molecule has 0 aliphatic carbocycles. The van der Waals surface area contributed by atoms with Crippen molar-refractivity contribution in [2.45, 2.75) is 39.8 Å². The Labute approximate surface area is 164 Å². The quantitative estimate of drug-likeness (QED) is 0.791. The molecule has 0 spiro atoms. The van der Waals surface area contributed by atoms with Crippen molar-refractivity contribution >= 4 is 21.6 Å². The minimum atomic E-state index is -3.92. The van der Waals surface area contributed by atoms with Gasteiger partial charge in [-0.15, -0.1) is 0 Å². The summed E-state index contributed by atoms with van der Waals surface area (Å²) in [6.45, 7) is 7.13. The normalized spacial score (nSPS) is 13.7. The largest absolute Gasteiger partial charge is 0.348 e. The van der Waals surface area contributed by atoms with Crippen molar-refractivity contribution < 1.29 is 22.0 Å². The fourth-order valence-corrected chi connectivity index (χ4v) is 4.05. The molecule has 5 nitrogen and oxygen atoms in total. The average Bonchev–Trinajstić information content (AvgIpc) is 2.59. The molecule has 2 aromatic rings. The first-order valence-corrected chi connectivity index (χ1v) is 10.6. The molecule has 2 aromatic carbocycles. The second kappa shape index (κ2) is 8.26. The highest BCUT2D eigenvalue weighted by atomic mass is 32.2. The highest BCUT2D eigenvalue weighted by Crippen LogP contribution is 2.24. The first kappa shape index (κ1) is 21.8. The van der Waals surface area contributed by atoms with Gasteiger partial charge in [0.15, 0.2) is 11.6 Å². The molecule has 2 atom stereocenters. The SMILES string of the molecule is Cc1ccc(C(C)NC(=O)C(C)N(c2ccc(F)c(F)c2)S(C)(=O)=O)cc1C. The van der Waals surface area contributed by atoms with E-state index in [1.165, 1.54) is 6.92 Å². The molecule has 0 aromatic heterocycles. The third-order valence-corrected chi connectivity index (χ3v) is 5.88. The summed E-state index contributed by atoms with van der Waals surface area (Å²) in [6, 6.07) is 6.97. The molecule has 8 heteroatoms. The topological polar surface area (TPSA) is 66.5 Å². The number of hydrogen-bond donors (Lipinski definition) is 1. The van der Waals surface area contributed by atoms with Crippen LogP contribution in [0.25, 0.3) is 0 Å². The van der Waals surface area contributed by atoms with Crippen molar-refractivity contribution in [2.24, 2.45) is 0 Å². The van der Waals surface area contributed by atoms with E-state index in [4.69, 9.17) is 0 Å². The minimum absolute atomic E-state index is 0.122. The summed E-state index contributed by atoms with van der Waals surface area (Å²) in [6.07, 6.45) is 0.908. The van der Waals surface area contributed by atoms with Gasteiger partial charge in [-0.25, -0.2) is 17.2 Å². The molecular formula is C20H24F2N2O3S. The van der Waals surface area contributed by atoms with Gasteiger partial charge in [-0.2, -0.15) is 0 Å². The number of rotatable bonds is 6. The highest BCUT2D eigenvalue weighted by Gasteiger charge is 2.30. The van der Waals surface area contributed by atoms with E-state index < -0.39 is 33.6 Å². The van der Waals surface area contributed by atoms with E-state index in [-0.39, 0.29) is 11.7 Å². The van der Waals surface area contributed by atoms with E-state index >= 15 is 0 Å². The van der Waals surface area contributed by atoms with Gasteiger partial charge in [0.1, 0.15) is 6.04 Å². The number of carbonyl (C=O) groups excluding carboxylic acids is 1. The van der Waals surface area contributed by atoms with Crippen LogP contribution in [0, 0.1) is 25.5 Å². The molecule has 0 saturated heterocycles. The molecule has 0 aliphatic rings. The van der Waals surface area contributed by atoms with E-state index in [0.717, 1.165) is 45.5 Å². The number of halogens is 2. The van der Waals surface area contributed by atoms with Gasteiger partial charge in [-0.05, 0) is 56.5 Å². The van der Waals surface area contributed by atoms with Gasteiger partial charge in [0.2, 0.25) is 15.9 Å². The van der Waals surface area contributed by atoms with Crippen LogP contribution in [0.15, 0.2) is 36.4 Å². The molecule has 0 bridgehead atoms. The summed E-state index contributed by atoms with van der Waals surface area (Å²) < 4.78 is 52.1. The number of nitrogens with zero attached hydrogens (tertiary/aromatic N) is 1. The molecule has 28 heavy (non-hydrogen) atoms. The van der Waals surface area contributed by atoms with Crippen LogP contribution in [-0.2, 0) is 14.8 Å². The number of nitrogens with one attached hydrogen (secondary N) is 1. The van der Waals surface area contributed by atoms with Gasteiger partial charge >= 0.3 is 0 Å². The lowest BCUT2D eigenvalue weighted by Gasteiger charge is -2.29. The zero-order valence-electron chi connectivity index (χ0n) is 16.5. The molecular weight excluding hydrogens is 386 g/mol. The maximum Gasteiger partial charge on any atom is 0.244 e. The maximum atomic E-state index is 13.6. The van der Waals surface area contributed by atoms with Gasteiger partial charge < -0.3 is 5.32 Å². The minimum Gasteiger partial charge on any atom is -0.348 e. The number of amides is 1. The first-order chi connectivity index (χ1) is 12.9. The van der Waals surface area contributed by atoms with Crippen molar-refractivity contribution in [3.05, 3.63) is 64.7 Å². The number of carbonyl (C=O) groups is 1. The third-order valence-electron chi connectivity index (χ3n) is 4.64. The van der Waals surface area contributed by atoms with Gasteiger partial charge in [0.25, 0.3) is 0 Å². The Bertz CT molecular complexity index is 993. The Morgan fingerprint density at radius 3 is 2.18 bits per heavy atom. The lowest BCUT2D eigenvalue weighted by molar-refractivity contribution is -0.122. The summed E-state index contributed by atoms with van der Waals surface area (Å²) in [5.41, 5.74) is 2.95. The molecule has 0 saturated carbocycles. The van der Waals surface area contributed by atoms with E-state index in [9.17, 15) is 22.0 Å². The summed E-state index contributed by atoms with van der Waals surface area (Å²) >= 11 is 0. The van der Waals surface area contributed by atoms with Crippen molar-refractivity contribution in [1.82, 2.24) is 5.32 Å². The van der Waals surface area contributed by atoms with Crippen LogP contribution in [0.1, 0.15) is 36.6 Å². The van der Waals surface area contributed by atoms with Crippen molar-refractivity contribution in [3.63, 3.8) is 0 Å². The van der Waals surface area contributed by atoms with Crippen molar-refractivity contribution in [1.29, 1.82) is 0 Å². The Kier molecular flexibility index (Phi) is 6.44. The summed E-state index contributed by atoms with van der Waals surface area (Å²) in [5.74, 6) is -2.85. The second-order valence-electron chi connectivity index (χ2n) is 6.91. The zero-order chi connectivity index (χ0) is 21.2. The van der Waals surface area contributed by atoms with E-state index in [1.807, 2.05) is 32.0 Å². The summed E-state index contributed by atoms with van der Waals surface area (Å²) in [7, 11) is -3.92. The van der Waals surface area contributed by atoms with Gasteiger partial charge in [-0.1, -0.05) is 18.2 Å². The molecule has 152 valence electrons. The van der Waals surface area contributed by atoms with Crippen molar-refractivity contribution in [2.75, 3.05) is 10.6 Å². The van der Waals surface area contributed by atoms with Crippen LogP contribution in [-0.4, -0.2) is 26.6 Å². The Balaban J connectivity index is 2.28. The number of anilines is 1. The molecule has 0 radical (unpaired) electrons. The molecule has 2 unspecified atom stereocenters. The van der Waals surface area contributed by atoms with Gasteiger partial charge in [0.05, 0.1) is 18.0 Å². The lowest BCUT2D eigenvalue weighted by atomic mass is 10.0. The van der Waals surface area contributed by atoms with Crippen LogP contribution in [0.4, 0.5) is 14.5 Å². The van der Waals surface area contributed by atoms with Crippen LogP contribution in [0.5, 0.6) is 0 Å². The van der Waals surface area contributed by atoms with Crippen LogP contribution in [0.2, 0.25) is 0 Å². The Hall–Kier alpha value is -2.48. The van der Waals surface area contributed by atoms with E-state index in [2.05, 4.69) is 5.32 Å². The lowest BCUT2D eigenvalue weighted by Crippen LogP contribution is -2.48. The molecule has 0 heterocycles. The fourth-order valence-electron chi connectivity index (χ4n) is 2.88. The summed E-state index contributed by atoms with van der Waals surface area (Å²) in [4.78, 5) is 12.7. The summed E-state index contributed by atoms with van der Waals surface area (Å²) in [5, 5.41) is 2.78. The standard InChI is InChI=1S/C20H24F2N2O3S/c1-12-6-7-16(10-13(12)2)14(3)23-20(25)15(4)24(28(5,26)27)17-8-9-18(21)19(22)11-17/h6-11,14-15H,1-5H3,(H,23,25). The highest BCUT2D eigenvalue weighted by molar-refractivity contribution is 7.92. The second-order valence-corrected chi connectivity index (χ2v) is 8.77. The van der Waals surface area contributed by atoms with Crippen LogP contribution in [0.3, 0.4) is 0 Å². The van der Waals surface area contributed by atoms with Crippen molar-refractivity contribution in [3.8, 4) is 0 Å². The monoisotopic (exact) mass is 410 g/mol. The third kappa shape index (κ3) is 4.86. The predicted molar refractivity (Wildman–Crippen MR) is 106 cm³/mol. The van der Waals surface area contributed by atoms with Gasteiger partial charge in [0, 0.05) is 6.07 Å². The van der Waals surface area contributed by atoms with Gasteiger partial charge in [-0.3, -0.25) is 9.10 Å². The zero-order valence-corrected chi connectivity index (χ0v) is 17.3. The molecule has 0 fully saturated rings. The van der Waals surface area contributed by atoms with Crippen LogP contribution < -0.4 is 9.62 Å². The predicted octanol–water partition coefficient (Wildman–Crippen LogP) is 3.61. The Morgan fingerprint density at radius 1 is 1.00 bits per heavy atom. The molecule has 1 amide bonds.